The molecule has 3 heterocycles. The van der Waals surface area contributed by atoms with Gasteiger partial charge in [0.25, 0.3) is 0 Å². The van der Waals surface area contributed by atoms with Crippen molar-refractivity contribution in [2.24, 2.45) is 0 Å². The molecule has 0 saturated carbocycles. The van der Waals surface area contributed by atoms with E-state index in [1.165, 1.54) is 5.56 Å². The summed E-state index contributed by atoms with van der Waals surface area (Å²) in [7, 11) is 0. The second-order valence-electron chi connectivity index (χ2n) is 6.16. The van der Waals surface area contributed by atoms with E-state index < -0.39 is 0 Å². The Morgan fingerprint density at radius 3 is 2.73 bits per heavy atom. The Morgan fingerprint density at radius 1 is 1.27 bits per heavy atom. The zero-order valence-corrected chi connectivity index (χ0v) is 13.0. The first kappa shape index (κ1) is 14.0. The molecule has 6 nitrogen and oxygen atoms in total. The van der Waals surface area contributed by atoms with Crippen molar-refractivity contribution in [1.82, 2.24) is 14.9 Å². The smallest absolute Gasteiger partial charge is 0.223 e. The highest BCUT2D eigenvalue weighted by molar-refractivity contribution is 5.80. The van der Waals surface area contributed by atoms with E-state index in [0.29, 0.717) is 6.04 Å². The number of likely N-dealkylation sites (tertiary alicyclic amines) is 1. The van der Waals surface area contributed by atoms with Crippen LogP contribution in [0.25, 0.3) is 11.0 Å². The summed E-state index contributed by atoms with van der Waals surface area (Å²) in [5, 5.41) is 3.53. The summed E-state index contributed by atoms with van der Waals surface area (Å²) in [6, 6.07) is 6.65. The van der Waals surface area contributed by atoms with Crippen LogP contribution in [-0.4, -0.2) is 46.7 Å². The molecular formula is C16H22N4O2. The molecule has 2 saturated heterocycles. The number of aromatic amines is 1. The van der Waals surface area contributed by atoms with E-state index in [2.05, 4.69) is 45.3 Å². The van der Waals surface area contributed by atoms with Crippen LogP contribution in [0, 0.1) is 6.92 Å². The minimum atomic E-state index is -0.134. The van der Waals surface area contributed by atoms with Gasteiger partial charge in [0.1, 0.15) is 0 Å². The third kappa shape index (κ3) is 2.58. The van der Waals surface area contributed by atoms with E-state index in [-0.39, 0.29) is 12.7 Å². The third-order valence-electron chi connectivity index (χ3n) is 4.50. The average molecular weight is 302 g/mol. The van der Waals surface area contributed by atoms with Crippen LogP contribution in [0.3, 0.4) is 0 Å². The number of aryl methyl sites for hydroxylation is 1. The van der Waals surface area contributed by atoms with Crippen molar-refractivity contribution in [2.45, 2.75) is 45.4 Å². The number of fused-ring (bicyclic) bond motifs is 1. The van der Waals surface area contributed by atoms with Gasteiger partial charge in [-0.2, -0.15) is 0 Å². The van der Waals surface area contributed by atoms with Crippen LogP contribution >= 0.6 is 0 Å². The van der Waals surface area contributed by atoms with Gasteiger partial charge in [-0.3, -0.25) is 4.90 Å². The molecule has 2 aromatic rings. The lowest BCUT2D eigenvalue weighted by Gasteiger charge is -2.43. The first-order valence-electron chi connectivity index (χ1n) is 7.96. The molecule has 118 valence electrons. The average Bonchev–Trinajstić information content (AvgIpc) is 2.89. The van der Waals surface area contributed by atoms with E-state index in [0.717, 1.165) is 42.9 Å². The zero-order chi connectivity index (χ0) is 15.1. The number of rotatable bonds is 3. The molecule has 0 amide bonds. The van der Waals surface area contributed by atoms with Crippen LogP contribution < -0.4 is 5.32 Å². The summed E-state index contributed by atoms with van der Waals surface area (Å²) in [6.45, 7) is 5.97. The van der Waals surface area contributed by atoms with Crippen LogP contribution in [0.4, 0.5) is 5.95 Å². The predicted molar refractivity (Wildman–Crippen MR) is 84.5 cm³/mol. The van der Waals surface area contributed by atoms with Crippen molar-refractivity contribution in [1.29, 1.82) is 0 Å². The molecule has 0 atom stereocenters. The Morgan fingerprint density at radius 2 is 2.05 bits per heavy atom. The maximum absolute atomic E-state index is 5.55. The summed E-state index contributed by atoms with van der Waals surface area (Å²) in [5.74, 6) is 0.868. The number of hydrogen-bond acceptors (Lipinski definition) is 5. The number of para-hydroxylation sites is 1. The molecule has 1 aromatic carbocycles. The van der Waals surface area contributed by atoms with Gasteiger partial charge in [-0.25, -0.2) is 4.98 Å². The highest BCUT2D eigenvalue weighted by Gasteiger charge is 2.34. The van der Waals surface area contributed by atoms with Crippen molar-refractivity contribution in [3.8, 4) is 0 Å². The van der Waals surface area contributed by atoms with Crippen LogP contribution in [0.1, 0.15) is 25.3 Å². The SMILES string of the molecule is Cc1cccc2[nH]c(NC3CCN(C4OC(C)O4)CC3)nc12. The fourth-order valence-corrected chi connectivity index (χ4v) is 3.20. The minimum absolute atomic E-state index is 0.0559. The summed E-state index contributed by atoms with van der Waals surface area (Å²) in [4.78, 5) is 10.3. The lowest BCUT2D eigenvalue weighted by molar-refractivity contribution is -0.423. The number of piperidine rings is 1. The molecule has 22 heavy (non-hydrogen) atoms. The van der Waals surface area contributed by atoms with Gasteiger partial charge in [0.15, 0.2) is 6.29 Å². The molecule has 0 spiro atoms. The Hall–Kier alpha value is -1.63. The lowest BCUT2D eigenvalue weighted by atomic mass is 10.1. The van der Waals surface area contributed by atoms with Crippen molar-refractivity contribution >= 4 is 17.0 Å². The number of nitrogens with one attached hydrogen (secondary N) is 2. The predicted octanol–water partition coefficient (Wildman–Crippen LogP) is 2.42. The number of nitrogens with zero attached hydrogens (tertiary/aromatic N) is 2. The largest absolute Gasteiger partial charge is 0.353 e. The number of H-pyrrole nitrogens is 1. The topological polar surface area (TPSA) is 62.4 Å². The number of benzene rings is 1. The molecule has 4 rings (SSSR count). The van der Waals surface area contributed by atoms with Crippen molar-refractivity contribution < 1.29 is 9.47 Å². The number of hydrogen-bond donors (Lipinski definition) is 2. The molecule has 2 N–H and O–H groups in total. The van der Waals surface area contributed by atoms with Crippen LogP contribution in [0.5, 0.6) is 0 Å². The first-order chi connectivity index (χ1) is 10.7. The molecule has 0 radical (unpaired) electrons. The number of ether oxygens (including phenoxy) is 2. The molecular weight excluding hydrogens is 280 g/mol. The molecule has 2 aliphatic heterocycles. The van der Waals surface area contributed by atoms with Crippen LogP contribution in [0.15, 0.2) is 18.2 Å². The van der Waals surface area contributed by atoms with E-state index in [1.54, 1.807) is 0 Å². The van der Waals surface area contributed by atoms with Gasteiger partial charge in [-0.05, 0) is 38.3 Å². The summed E-state index contributed by atoms with van der Waals surface area (Å²) >= 11 is 0. The highest BCUT2D eigenvalue weighted by Crippen LogP contribution is 2.25. The van der Waals surface area contributed by atoms with E-state index >= 15 is 0 Å². The number of aromatic nitrogens is 2. The van der Waals surface area contributed by atoms with Gasteiger partial charge in [0.05, 0.1) is 11.0 Å². The molecule has 1 aromatic heterocycles. The van der Waals surface area contributed by atoms with Gasteiger partial charge in [0, 0.05) is 19.1 Å². The summed E-state index contributed by atoms with van der Waals surface area (Å²) < 4.78 is 11.1. The van der Waals surface area contributed by atoms with Crippen LogP contribution in [-0.2, 0) is 9.47 Å². The van der Waals surface area contributed by atoms with Crippen molar-refractivity contribution in [3.05, 3.63) is 23.8 Å². The summed E-state index contributed by atoms with van der Waals surface area (Å²) in [5.41, 5.74) is 3.34. The fourth-order valence-electron chi connectivity index (χ4n) is 3.20. The van der Waals surface area contributed by atoms with Gasteiger partial charge >= 0.3 is 0 Å². The maximum atomic E-state index is 5.55. The fraction of sp³-hybridized carbons (Fsp3) is 0.562. The highest BCUT2D eigenvalue weighted by atomic mass is 16.9. The second-order valence-corrected chi connectivity index (χ2v) is 6.16. The van der Waals surface area contributed by atoms with Crippen LogP contribution in [0.2, 0.25) is 0 Å². The molecule has 0 bridgehead atoms. The third-order valence-corrected chi connectivity index (χ3v) is 4.50. The second kappa shape index (κ2) is 5.53. The van der Waals surface area contributed by atoms with Gasteiger partial charge in [-0.1, -0.05) is 12.1 Å². The Balaban J connectivity index is 1.36. The lowest BCUT2D eigenvalue weighted by Crippen LogP contribution is -2.54. The van der Waals surface area contributed by atoms with Crippen molar-refractivity contribution in [2.75, 3.05) is 18.4 Å². The van der Waals surface area contributed by atoms with Gasteiger partial charge < -0.3 is 19.8 Å². The molecule has 2 fully saturated rings. The van der Waals surface area contributed by atoms with E-state index in [9.17, 15) is 0 Å². The van der Waals surface area contributed by atoms with Gasteiger partial charge in [0.2, 0.25) is 12.4 Å². The normalized spacial score (nSPS) is 27.0. The number of imidazole rings is 1. The van der Waals surface area contributed by atoms with E-state index in [1.807, 2.05) is 6.92 Å². The van der Waals surface area contributed by atoms with E-state index in [4.69, 9.17) is 9.47 Å². The quantitative estimate of drug-likeness (QED) is 0.912. The number of anilines is 1. The molecule has 0 aliphatic carbocycles. The summed E-state index contributed by atoms with van der Waals surface area (Å²) in [6.07, 6.45) is 1.94. The molecule has 6 heteroatoms. The Kier molecular flexibility index (Phi) is 3.52. The first-order valence-corrected chi connectivity index (χ1v) is 7.96. The minimum Gasteiger partial charge on any atom is -0.353 e. The standard InChI is InChI=1S/C16H22N4O2/c1-10-4-3-5-13-14(10)19-15(18-13)17-12-6-8-20(9-7-12)16-21-11(2)22-16/h3-5,11-12,16H,6-9H2,1-2H3,(H2,17,18,19). The monoisotopic (exact) mass is 302 g/mol. The van der Waals surface area contributed by atoms with Gasteiger partial charge in [-0.15, -0.1) is 0 Å². The molecule has 2 aliphatic rings. The Labute approximate surface area is 129 Å². The maximum Gasteiger partial charge on any atom is 0.223 e. The van der Waals surface area contributed by atoms with Crippen molar-refractivity contribution in [3.63, 3.8) is 0 Å². The Bertz CT molecular complexity index is 657. The zero-order valence-electron chi connectivity index (χ0n) is 13.0. The molecule has 0 unspecified atom stereocenters.